The second kappa shape index (κ2) is 6.78. The molecule has 1 N–H and O–H groups in total. The van der Waals surface area contributed by atoms with E-state index in [0.717, 1.165) is 35.2 Å². The normalized spacial score (nSPS) is 17.5. The van der Waals surface area contributed by atoms with Gasteiger partial charge in [-0.25, -0.2) is 4.98 Å². The van der Waals surface area contributed by atoms with Gasteiger partial charge in [-0.3, -0.25) is 4.68 Å². The Bertz CT molecular complexity index is 1520. The zero-order chi connectivity index (χ0) is 22.2. The van der Waals surface area contributed by atoms with Crippen LogP contribution < -0.4 is 5.32 Å². The monoisotopic (exact) mass is 433 g/mol. The maximum Gasteiger partial charge on any atom is 0.112 e. The molecule has 0 radical (unpaired) electrons. The second-order valence-electron chi connectivity index (χ2n) is 10.0. The number of aryl methyl sites for hydroxylation is 1. The Labute approximate surface area is 193 Å². The summed E-state index contributed by atoms with van der Waals surface area (Å²) in [5.41, 5.74) is 6.33. The summed E-state index contributed by atoms with van der Waals surface area (Å²) in [6, 6.07) is 21.9. The van der Waals surface area contributed by atoms with Crippen LogP contribution in [-0.2, 0) is 14.1 Å². The van der Waals surface area contributed by atoms with Crippen LogP contribution in [0.2, 0.25) is 0 Å². The van der Waals surface area contributed by atoms with E-state index in [4.69, 9.17) is 4.98 Å². The molecule has 0 bridgehead atoms. The highest BCUT2D eigenvalue weighted by Gasteiger charge is 2.50. The Balaban J connectivity index is 1.44. The van der Waals surface area contributed by atoms with E-state index >= 15 is 0 Å². The van der Waals surface area contributed by atoms with E-state index in [2.05, 4.69) is 82.7 Å². The molecule has 1 aliphatic heterocycles. The van der Waals surface area contributed by atoms with Gasteiger partial charge in [-0.2, -0.15) is 5.10 Å². The van der Waals surface area contributed by atoms with Crippen molar-refractivity contribution in [3.05, 3.63) is 72.7 Å². The van der Waals surface area contributed by atoms with Crippen molar-refractivity contribution in [2.24, 2.45) is 19.5 Å². The van der Waals surface area contributed by atoms with Crippen LogP contribution in [-0.4, -0.2) is 32.4 Å². The van der Waals surface area contributed by atoms with E-state index in [1.54, 1.807) is 0 Å². The lowest BCUT2D eigenvalue weighted by Gasteiger charge is -2.54. The van der Waals surface area contributed by atoms with Crippen LogP contribution in [0, 0.1) is 5.41 Å². The fourth-order valence-electron chi connectivity index (χ4n) is 6.07. The highest BCUT2D eigenvalue weighted by molar-refractivity contribution is 5.99. The number of hydrogen-bond acceptors (Lipinski definition) is 3. The number of rotatable bonds is 3. The van der Waals surface area contributed by atoms with Gasteiger partial charge in [0.05, 0.1) is 23.1 Å². The molecule has 5 nitrogen and oxygen atoms in total. The van der Waals surface area contributed by atoms with Crippen LogP contribution in [0.4, 0.5) is 0 Å². The molecule has 1 aliphatic carbocycles. The lowest BCUT2D eigenvalue weighted by Crippen LogP contribution is -2.59. The molecule has 33 heavy (non-hydrogen) atoms. The molecule has 3 heterocycles. The molecule has 2 aliphatic rings. The average Bonchev–Trinajstić information content (AvgIpc) is 3.31. The van der Waals surface area contributed by atoms with E-state index in [1.165, 1.54) is 40.7 Å². The Morgan fingerprint density at radius 2 is 1.76 bits per heavy atom. The van der Waals surface area contributed by atoms with Crippen molar-refractivity contribution in [3.63, 3.8) is 0 Å². The molecule has 2 fully saturated rings. The first-order valence-corrected chi connectivity index (χ1v) is 11.8. The van der Waals surface area contributed by atoms with Gasteiger partial charge >= 0.3 is 0 Å². The minimum absolute atomic E-state index is 0.519. The lowest BCUT2D eigenvalue weighted by atomic mass is 9.58. The van der Waals surface area contributed by atoms with Crippen molar-refractivity contribution in [3.8, 4) is 22.5 Å². The first kappa shape index (κ1) is 19.1. The molecule has 1 saturated heterocycles. The Hall–Kier alpha value is -3.44. The van der Waals surface area contributed by atoms with Gasteiger partial charge in [0.2, 0.25) is 0 Å². The van der Waals surface area contributed by atoms with Crippen molar-refractivity contribution >= 4 is 21.7 Å². The number of imidazole rings is 1. The van der Waals surface area contributed by atoms with E-state index in [0.29, 0.717) is 11.3 Å². The average molecular weight is 434 g/mol. The van der Waals surface area contributed by atoms with Crippen molar-refractivity contribution in [1.82, 2.24) is 24.6 Å². The molecule has 164 valence electrons. The van der Waals surface area contributed by atoms with E-state index < -0.39 is 0 Å². The van der Waals surface area contributed by atoms with Gasteiger partial charge in [-0.05, 0) is 41.2 Å². The largest absolute Gasteiger partial charge is 0.330 e. The Morgan fingerprint density at radius 3 is 2.58 bits per heavy atom. The fourth-order valence-corrected chi connectivity index (χ4v) is 6.07. The third-order valence-corrected chi connectivity index (χ3v) is 7.92. The number of fused-ring (bicyclic) bond motifs is 2. The van der Waals surface area contributed by atoms with Crippen LogP contribution in [0.5, 0.6) is 0 Å². The minimum atomic E-state index is 0.519. The van der Waals surface area contributed by atoms with Gasteiger partial charge in [-0.15, -0.1) is 0 Å². The van der Waals surface area contributed by atoms with E-state index in [-0.39, 0.29) is 0 Å². The van der Waals surface area contributed by atoms with Gasteiger partial charge in [-0.1, -0.05) is 48.5 Å². The predicted octanol–water partition coefficient (Wildman–Crippen LogP) is 5.26. The zero-order valence-electron chi connectivity index (χ0n) is 19.0. The van der Waals surface area contributed by atoms with E-state index in [9.17, 15) is 0 Å². The summed E-state index contributed by atoms with van der Waals surface area (Å²) in [4.78, 5) is 5.34. The van der Waals surface area contributed by atoms with Gasteiger partial charge in [0.15, 0.2) is 0 Å². The molecule has 2 aromatic heterocycles. The Kier molecular flexibility index (Phi) is 3.92. The molecular weight excluding hydrogens is 406 g/mol. The molecule has 1 spiro atoms. The van der Waals surface area contributed by atoms with Crippen molar-refractivity contribution < 1.29 is 0 Å². The number of nitrogens with zero attached hydrogens (tertiary/aromatic N) is 4. The summed E-state index contributed by atoms with van der Waals surface area (Å²) in [6.07, 6.45) is 4.42. The fraction of sp³-hybridized carbons (Fsp3) is 0.286. The maximum atomic E-state index is 5.34. The summed E-state index contributed by atoms with van der Waals surface area (Å²) in [5, 5.41) is 11.6. The third kappa shape index (κ3) is 2.75. The quantitative estimate of drug-likeness (QED) is 0.422. The van der Waals surface area contributed by atoms with Crippen molar-refractivity contribution in [2.75, 3.05) is 13.1 Å². The summed E-state index contributed by atoms with van der Waals surface area (Å²) in [7, 11) is 4.19. The molecule has 0 atom stereocenters. The first-order valence-electron chi connectivity index (χ1n) is 11.8. The summed E-state index contributed by atoms with van der Waals surface area (Å²) in [6.45, 7) is 2.32. The Morgan fingerprint density at radius 1 is 0.939 bits per heavy atom. The third-order valence-electron chi connectivity index (χ3n) is 7.92. The van der Waals surface area contributed by atoms with Crippen LogP contribution in [0.3, 0.4) is 0 Å². The van der Waals surface area contributed by atoms with Crippen LogP contribution >= 0.6 is 0 Å². The molecular formula is C28H27N5. The lowest BCUT2D eigenvalue weighted by molar-refractivity contribution is 0.0321. The molecule has 5 aromatic rings. The number of benzene rings is 3. The SMILES string of the molecule is Cn1c(C2CC3(CNC3)C2)nc(-c2ccc3c(cnn3C)c2)c1-c1cccc2ccccc12. The van der Waals surface area contributed by atoms with Gasteiger partial charge in [0.25, 0.3) is 0 Å². The van der Waals surface area contributed by atoms with Gasteiger partial charge < -0.3 is 9.88 Å². The standard InChI is InChI=1S/C28H27N5/c1-32-26(23-9-5-7-18-6-3-4-8-22(18)23)25(19-10-11-24-20(12-19)15-30-33(24)2)31-27(32)21-13-28(14-21)16-29-17-28/h3-12,15,21,29H,13-14,16-17H2,1-2H3. The molecule has 7 rings (SSSR count). The predicted molar refractivity (Wildman–Crippen MR) is 133 cm³/mol. The van der Waals surface area contributed by atoms with Gasteiger partial charge in [0.1, 0.15) is 5.82 Å². The molecule has 0 amide bonds. The van der Waals surface area contributed by atoms with Crippen LogP contribution in [0.25, 0.3) is 44.2 Å². The van der Waals surface area contributed by atoms with Crippen molar-refractivity contribution in [1.29, 1.82) is 0 Å². The van der Waals surface area contributed by atoms with Gasteiger partial charge in [0, 0.05) is 49.6 Å². The summed E-state index contributed by atoms with van der Waals surface area (Å²) in [5.74, 6) is 1.75. The first-order chi connectivity index (χ1) is 16.1. The number of nitrogens with one attached hydrogen (secondary N) is 1. The molecule has 0 unspecified atom stereocenters. The highest BCUT2D eigenvalue weighted by Crippen LogP contribution is 2.54. The molecule has 5 heteroatoms. The topological polar surface area (TPSA) is 47.7 Å². The number of hydrogen-bond donors (Lipinski definition) is 1. The molecule has 1 saturated carbocycles. The minimum Gasteiger partial charge on any atom is -0.330 e. The maximum absolute atomic E-state index is 5.34. The van der Waals surface area contributed by atoms with Crippen LogP contribution in [0.1, 0.15) is 24.6 Å². The van der Waals surface area contributed by atoms with Crippen molar-refractivity contribution in [2.45, 2.75) is 18.8 Å². The van der Waals surface area contributed by atoms with E-state index in [1.807, 2.05) is 17.9 Å². The summed E-state index contributed by atoms with van der Waals surface area (Å²) < 4.78 is 4.29. The second-order valence-corrected chi connectivity index (χ2v) is 10.0. The smallest absolute Gasteiger partial charge is 0.112 e. The molecule has 3 aromatic carbocycles. The summed E-state index contributed by atoms with van der Waals surface area (Å²) >= 11 is 0. The highest BCUT2D eigenvalue weighted by atomic mass is 15.2. The zero-order valence-corrected chi connectivity index (χ0v) is 19.0. The van der Waals surface area contributed by atoms with Crippen LogP contribution in [0.15, 0.2) is 66.9 Å². The number of aromatic nitrogens is 4.